The van der Waals surface area contributed by atoms with Gasteiger partial charge in [0, 0.05) is 19.1 Å². The van der Waals surface area contributed by atoms with Gasteiger partial charge >= 0.3 is 0 Å². The smallest absolute Gasteiger partial charge is 0.249 e. The molecular formula is C25H30F2N2O4S. The van der Waals surface area contributed by atoms with E-state index in [1.165, 1.54) is 4.31 Å². The second-order valence-corrected chi connectivity index (χ2v) is 11.3. The normalized spacial score (nSPS) is 21.7. The fourth-order valence-corrected chi connectivity index (χ4v) is 6.23. The lowest BCUT2D eigenvalue weighted by atomic mass is 10.0. The van der Waals surface area contributed by atoms with Crippen molar-refractivity contribution in [1.82, 2.24) is 9.21 Å². The zero-order valence-corrected chi connectivity index (χ0v) is 20.5. The Morgan fingerprint density at radius 3 is 2.44 bits per heavy atom. The van der Waals surface area contributed by atoms with E-state index in [1.54, 1.807) is 0 Å². The van der Waals surface area contributed by atoms with Crippen LogP contribution in [0.25, 0.3) is 0 Å². The maximum Gasteiger partial charge on any atom is 0.249 e. The van der Waals surface area contributed by atoms with Crippen LogP contribution in [-0.2, 0) is 14.8 Å². The lowest BCUT2D eigenvalue weighted by Crippen LogP contribution is -2.43. The van der Waals surface area contributed by atoms with Crippen LogP contribution in [0.5, 0.6) is 5.75 Å². The first-order chi connectivity index (χ1) is 16.0. The topological polar surface area (TPSA) is 66.7 Å². The Labute approximate surface area is 199 Å². The van der Waals surface area contributed by atoms with Gasteiger partial charge in [0.05, 0.1) is 11.5 Å². The fourth-order valence-electron chi connectivity index (χ4n) is 4.75. The molecule has 1 amide bonds. The van der Waals surface area contributed by atoms with Crippen LogP contribution < -0.4 is 4.74 Å². The molecule has 2 aromatic carbocycles. The average Bonchev–Trinajstić information content (AvgIpc) is 3.35. The van der Waals surface area contributed by atoms with Crippen molar-refractivity contribution in [3.63, 3.8) is 0 Å². The molecule has 0 spiro atoms. The second kappa shape index (κ2) is 9.26. The third kappa shape index (κ3) is 4.68. The van der Waals surface area contributed by atoms with Crippen molar-refractivity contribution in [3.05, 3.63) is 59.2 Å². The Bertz CT molecular complexity index is 1200. The first-order valence-electron chi connectivity index (χ1n) is 11.5. The molecule has 2 aliphatic heterocycles. The van der Waals surface area contributed by atoms with Crippen molar-refractivity contribution in [2.45, 2.75) is 62.9 Å². The Hall–Kier alpha value is -2.52. The molecule has 2 aliphatic rings. The van der Waals surface area contributed by atoms with Crippen LogP contribution in [0.15, 0.2) is 41.3 Å². The molecule has 0 saturated carbocycles. The first-order valence-corrected chi connectivity index (χ1v) is 13.0. The van der Waals surface area contributed by atoms with E-state index in [-0.39, 0.29) is 29.9 Å². The largest absolute Gasteiger partial charge is 0.493 e. The number of carbonyl (C=O) groups excluding carboxylic acids is 1. The minimum absolute atomic E-state index is 0.0335. The van der Waals surface area contributed by atoms with Crippen molar-refractivity contribution in [2.24, 2.45) is 0 Å². The maximum atomic E-state index is 13.5. The fraction of sp³-hybridized carbons (Fsp3) is 0.480. The summed E-state index contributed by atoms with van der Waals surface area (Å²) < 4.78 is 59.5. The molecule has 2 fully saturated rings. The molecular weight excluding hydrogens is 462 g/mol. The highest BCUT2D eigenvalue weighted by molar-refractivity contribution is 7.89. The number of carbonyl (C=O) groups is 1. The van der Waals surface area contributed by atoms with Crippen LogP contribution in [-0.4, -0.2) is 54.8 Å². The number of aryl methyl sites for hydroxylation is 2. The van der Waals surface area contributed by atoms with E-state index in [1.807, 2.05) is 43.9 Å². The van der Waals surface area contributed by atoms with Crippen LogP contribution in [0.1, 0.15) is 43.7 Å². The number of piperidine rings is 1. The van der Waals surface area contributed by atoms with E-state index in [2.05, 4.69) is 0 Å². The van der Waals surface area contributed by atoms with Crippen LogP contribution in [0.3, 0.4) is 0 Å². The van der Waals surface area contributed by atoms with Gasteiger partial charge in [-0.2, -0.15) is 4.31 Å². The van der Waals surface area contributed by atoms with E-state index >= 15 is 0 Å². The molecule has 0 aliphatic carbocycles. The molecule has 2 heterocycles. The summed E-state index contributed by atoms with van der Waals surface area (Å²) >= 11 is 0. The number of halogens is 2. The quantitative estimate of drug-likeness (QED) is 0.409. The van der Waals surface area contributed by atoms with Gasteiger partial charge in [0.25, 0.3) is 0 Å². The third-order valence-corrected chi connectivity index (χ3v) is 8.78. The zero-order chi connectivity index (χ0) is 24.7. The summed E-state index contributed by atoms with van der Waals surface area (Å²) in [6.45, 7) is 6.91. The minimum Gasteiger partial charge on any atom is -0.493 e. The third-order valence-electron chi connectivity index (χ3n) is 6.89. The number of amides is 1. The number of sulfonamides is 1. The number of hydrogen-bond donors (Lipinski definition) is 0. The van der Waals surface area contributed by atoms with Gasteiger partial charge in [-0.1, -0.05) is 12.1 Å². The van der Waals surface area contributed by atoms with Crippen molar-refractivity contribution in [2.75, 3.05) is 19.7 Å². The van der Waals surface area contributed by atoms with E-state index in [0.29, 0.717) is 31.9 Å². The van der Waals surface area contributed by atoms with Crippen LogP contribution in [0.4, 0.5) is 8.78 Å². The number of hydrogen-bond acceptors (Lipinski definition) is 4. The maximum absolute atomic E-state index is 13.5. The number of ether oxygens (including phenoxy) is 1. The molecule has 0 aromatic heterocycles. The van der Waals surface area contributed by atoms with Crippen molar-refractivity contribution in [3.8, 4) is 5.75 Å². The highest BCUT2D eigenvalue weighted by Gasteiger charge is 2.60. The lowest BCUT2D eigenvalue weighted by Gasteiger charge is -2.32. The van der Waals surface area contributed by atoms with Gasteiger partial charge in [0.15, 0.2) is 11.6 Å². The average molecular weight is 493 g/mol. The van der Waals surface area contributed by atoms with Crippen molar-refractivity contribution >= 4 is 15.9 Å². The number of nitrogens with zero attached hydrogens (tertiary/aromatic N) is 2. The molecule has 184 valence electrons. The summed E-state index contributed by atoms with van der Waals surface area (Å²) in [6, 6.07) is 8.64. The molecule has 9 heteroatoms. The molecule has 1 atom stereocenters. The van der Waals surface area contributed by atoms with Gasteiger partial charge in [-0.05, 0) is 81.8 Å². The predicted octanol–water partition coefficient (Wildman–Crippen LogP) is 4.19. The molecule has 1 unspecified atom stereocenters. The van der Waals surface area contributed by atoms with Crippen LogP contribution in [0, 0.1) is 25.5 Å². The molecule has 2 saturated heterocycles. The minimum atomic E-state index is -3.92. The van der Waals surface area contributed by atoms with Crippen molar-refractivity contribution < 1.29 is 26.7 Å². The number of benzene rings is 2. The standard InChI is InChI=1S/C25H30F2N2O4S/c1-17-5-6-18(2)23(15-17)33-14-4-11-25(3)24(30)29(25)19-9-12-28(13-10-19)34(31,32)20-7-8-21(26)22(27)16-20/h5-8,15-16,19H,4,9-14H2,1-3H3. The molecule has 2 aromatic rings. The Kier molecular flexibility index (Phi) is 6.70. The first kappa shape index (κ1) is 24.6. The van der Waals surface area contributed by atoms with E-state index < -0.39 is 27.2 Å². The van der Waals surface area contributed by atoms with Crippen molar-refractivity contribution in [1.29, 1.82) is 0 Å². The molecule has 34 heavy (non-hydrogen) atoms. The summed E-state index contributed by atoms with van der Waals surface area (Å²) in [5.74, 6) is -1.33. The van der Waals surface area contributed by atoms with Crippen LogP contribution in [0.2, 0.25) is 0 Å². The molecule has 4 rings (SSSR count). The SMILES string of the molecule is Cc1ccc(C)c(OCCCC2(C)C(=O)N2C2CCN(S(=O)(=O)c3ccc(F)c(F)c3)CC2)c1. The van der Waals surface area contributed by atoms with Gasteiger partial charge in [-0.25, -0.2) is 17.2 Å². The van der Waals surface area contributed by atoms with Gasteiger partial charge in [0.1, 0.15) is 11.3 Å². The monoisotopic (exact) mass is 492 g/mol. The molecule has 6 nitrogen and oxygen atoms in total. The zero-order valence-electron chi connectivity index (χ0n) is 19.7. The van der Waals surface area contributed by atoms with Gasteiger partial charge < -0.3 is 9.64 Å². The van der Waals surface area contributed by atoms with Gasteiger partial charge in [-0.3, -0.25) is 4.79 Å². The summed E-state index contributed by atoms with van der Waals surface area (Å²) in [4.78, 5) is 14.3. The lowest BCUT2D eigenvalue weighted by molar-refractivity contribution is -0.115. The highest BCUT2D eigenvalue weighted by atomic mass is 32.2. The Morgan fingerprint density at radius 1 is 1.06 bits per heavy atom. The molecule has 0 N–H and O–H groups in total. The van der Waals surface area contributed by atoms with Crippen LogP contribution >= 0.6 is 0 Å². The second-order valence-electron chi connectivity index (χ2n) is 9.38. The molecule has 0 bridgehead atoms. The van der Waals surface area contributed by atoms with E-state index in [9.17, 15) is 22.0 Å². The van der Waals surface area contributed by atoms with E-state index in [0.717, 1.165) is 35.4 Å². The summed E-state index contributed by atoms with van der Waals surface area (Å²) in [7, 11) is -3.92. The number of rotatable bonds is 8. The highest BCUT2D eigenvalue weighted by Crippen LogP contribution is 2.43. The Morgan fingerprint density at radius 2 is 1.76 bits per heavy atom. The summed E-state index contributed by atoms with van der Waals surface area (Å²) in [5.41, 5.74) is 1.66. The predicted molar refractivity (Wildman–Crippen MR) is 124 cm³/mol. The summed E-state index contributed by atoms with van der Waals surface area (Å²) in [6.07, 6.45) is 2.41. The van der Waals surface area contributed by atoms with Gasteiger partial charge in [0.2, 0.25) is 15.9 Å². The molecule has 0 radical (unpaired) electrons. The Balaban J connectivity index is 1.29. The summed E-state index contributed by atoms with van der Waals surface area (Å²) in [5, 5.41) is 0. The van der Waals surface area contributed by atoms with Gasteiger partial charge in [-0.15, -0.1) is 0 Å². The van der Waals surface area contributed by atoms with E-state index in [4.69, 9.17) is 4.74 Å².